The number of imidazole rings is 1. The molecule has 0 amide bonds. The molecule has 96 valence electrons. The predicted molar refractivity (Wildman–Crippen MR) is 65.2 cm³/mol. The Labute approximate surface area is 109 Å². The standard InChI is InChI=1S/C10H10ClN3O3S/c1-17-10-8(3-2-4-12-10)5-14-6-9(13-7-14)18(11,15)16/h2-4,6-7H,5H2,1H3. The van der Waals surface area contributed by atoms with Crippen molar-refractivity contribution in [2.75, 3.05) is 7.11 Å². The summed E-state index contributed by atoms with van der Waals surface area (Å²) in [7, 11) is 2.92. The SMILES string of the molecule is COc1ncccc1Cn1cnc(S(=O)(=O)Cl)c1. The molecule has 0 fully saturated rings. The Kier molecular flexibility index (Phi) is 3.53. The van der Waals surface area contributed by atoms with Crippen LogP contribution in [0.3, 0.4) is 0 Å². The summed E-state index contributed by atoms with van der Waals surface area (Å²) in [6, 6.07) is 3.61. The van der Waals surface area contributed by atoms with Crippen molar-refractivity contribution in [1.29, 1.82) is 0 Å². The molecule has 18 heavy (non-hydrogen) atoms. The van der Waals surface area contributed by atoms with E-state index in [0.717, 1.165) is 5.56 Å². The van der Waals surface area contributed by atoms with E-state index < -0.39 is 9.05 Å². The number of ether oxygens (including phenoxy) is 1. The first kappa shape index (κ1) is 12.8. The minimum atomic E-state index is -3.80. The predicted octanol–water partition coefficient (Wildman–Crippen LogP) is 1.26. The van der Waals surface area contributed by atoms with E-state index in [-0.39, 0.29) is 5.03 Å². The quantitative estimate of drug-likeness (QED) is 0.792. The zero-order chi connectivity index (χ0) is 13.2. The minimum Gasteiger partial charge on any atom is -0.481 e. The average Bonchev–Trinajstić information content (AvgIpc) is 2.78. The summed E-state index contributed by atoms with van der Waals surface area (Å²) in [5.74, 6) is 0.487. The molecule has 2 heterocycles. The number of aromatic nitrogens is 3. The van der Waals surface area contributed by atoms with E-state index in [2.05, 4.69) is 9.97 Å². The van der Waals surface area contributed by atoms with Crippen molar-refractivity contribution in [2.24, 2.45) is 0 Å². The summed E-state index contributed by atoms with van der Waals surface area (Å²) < 4.78 is 28.8. The van der Waals surface area contributed by atoms with Crippen LogP contribution in [0.2, 0.25) is 0 Å². The monoisotopic (exact) mass is 287 g/mol. The Morgan fingerprint density at radius 1 is 1.44 bits per heavy atom. The summed E-state index contributed by atoms with van der Waals surface area (Å²) in [6.45, 7) is 0.399. The zero-order valence-electron chi connectivity index (χ0n) is 9.45. The van der Waals surface area contributed by atoms with E-state index in [1.54, 1.807) is 16.8 Å². The lowest BCUT2D eigenvalue weighted by Gasteiger charge is -2.06. The van der Waals surface area contributed by atoms with Crippen LogP contribution in [0, 0.1) is 0 Å². The van der Waals surface area contributed by atoms with Crippen molar-refractivity contribution < 1.29 is 13.2 Å². The smallest absolute Gasteiger partial charge is 0.280 e. The molecule has 0 aromatic carbocycles. The van der Waals surface area contributed by atoms with E-state index in [4.69, 9.17) is 15.4 Å². The van der Waals surface area contributed by atoms with Crippen LogP contribution in [0.25, 0.3) is 0 Å². The van der Waals surface area contributed by atoms with Crippen LogP contribution < -0.4 is 4.74 Å². The zero-order valence-corrected chi connectivity index (χ0v) is 11.0. The number of hydrogen-bond acceptors (Lipinski definition) is 5. The second-order valence-corrected chi connectivity index (χ2v) is 6.01. The third kappa shape index (κ3) is 2.80. The van der Waals surface area contributed by atoms with Gasteiger partial charge in [-0.2, -0.15) is 0 Å². The number of hydrogen-bond donors (Lipinski definition) is 0. The molecule has 0 spiro atoms. The largest absolute Gasteiger partial charge is 0.481 e. The highest BCUT2D eigenvalue weighted by atomic mass is 35.7. The molecule has 0 aliphatic carbocycles. The molecule has 0 aliphatic rings. The first-order chi connectivity index (χ1) is 8.50. The van der Waals surface area contributed by atoms with E-state index in [0.29, 0.717) is 12.4 Å². The van der Waals surface area contributed by atoms with E-state index >= 15 is 0 Å². The molecular weight excluding hydrogens is 278 g/mol. The normalized spacial score (nSPS) is 11.4. The molecule has 6 nitrogen and oxygen atoms in total. The summed E-state index contributed by atoms with van der Waals surface area (Å²) in [5.41, 5.74) is 0.816. The Bertz CT molecular complexity index is 654. The summed E-state index contributed by atoms with van der Waals surface area (Å²) >= 11 is 0. The van der Waals surface area contributed by atoms with Crippen molar-refractivity contribution in [1.82, 2.24) is 14.5 Å². The van der Waals surface area contributed by atoms with Crippen molar-refractivity contribution in [2.45, 2.75) is 11.6 Å². The van der Waals surface area contributed by atoms with Gasteiger partial charge in [0.2, 0.25) is 5.88 Å². The van der Waals surface area contributed by atoms with Gasteiger partial charge in [0, 0.05) is 28.6 Å². The first-order valence-corrected chi connectivity index (χ1v) is 7.26. The first-order valence-electron chi connectivity index (χ1n) is 4.95. The molecule has 0 radical (unpaired) electrons. The lowest BCUT2D eigenvalue weighted by molar-refractivity contribution is 0.391. The van der Waals surface area contributed by atoms with E-state index in [1.165, 1.54) is 19.6 Å². The highest BCUT2D eigenvalue weighted by Gasteiger charge is 2.14. The van der Waals surface area contributed by atoms with Gasteiger partial charge < -0.3 is 9.30 Å². The van der Waals surface area contributed by atoms with Gasteiger partial charge in [-0.3, -0.25) is 0 Å². The van der Waals surface area contributed by atoms with Crippen LogP contribution in [-0.2, 0) is 15.6 Å². The third-order valence-electron chi connectivity index (χ3n) is 2.26. The number of nitrogens with zero attached hydrogens (tertiary/aromatic N) is 3. The molecule has 0 saturated carbocycles. The highest BCUT2D eigenvalue weighted by molar-refractivity contribution is 8.13. The number of rotatable bonds is 4. The maximum atomic E-state index is 11.1. The molecule has 0 bridgehead atoms. The number of pyridine rings is 1. The fourth-order valence-corrected chi connectivity index (χ4v) is 2.15. The molecule has 8 heteroatoms. The summed E-state index contributed by atoms with van der Waals surface area (Å²) in [6.07, 6.45) is 4.36. The second kappa shape index (κ2) is 4.95. The Morgan fingerprint density at radius 3 is 2.83 bits per heavy atom. The molecule has 0 N–H and O–H groups in total. The Balaban J connectivity index is 2.27. The van der Waals surface area contributed by atoms with Gasteiger partial charge in [-0.15, -0.1) is 0 Å². The molecule has 0 saturated heterocycles. The molecule has 0 unspecified atom stereocenters. The van der Waals surface area contributed by atoms with Gasteiger partial charge in [0.25, 0.3) is 9.05 Å². The van der Waals surface area contributed by atoms with Gasteiger partial charge in [-0.05, 0) is 6.07 Å². The lowest BCUT2D eigenvalue weighted by atomic mass is 10.2. The molecule has 0 atom stereocenters. The van der Waals surface area contributed by atoms with Crippen molar-refractivity contribution in [3.05, 3.63) is 36.4 Å². The van der Waals surface area contributed by atoms with Gasteiger partial charge in [-0.1, -0.05) is 6.07 Å². The van der Waals surface area contributed by atoms with Crippen molar-refractivity contribution in [3.8, 4) is 5.88 Å². The van der Waals surface area contributed by atoms with Crippen LogP contribution in [0.4, 0.5) is 0 Å². The third-order valence-corrected chi connectivity index (χ3v) is 3.44. The fourth-order valence-electron chi connectivity index (χ4n) is 1.48. The maximum Gasteiger partial charge on any atom is 0.280 e. The minimum absolute atomic E-state index is 0.174. The topological polar surface area (TPSA) is 74.1 Å². The van der Waals surface area contributed by atoms with Gasteiger partial charge in [0.1, 0.15) is 0 Å². The van der Waals surface area contributed by atoms with Crippen LogP contribution in [0.1, 0.15) is 5.56 Å². The van der Waals surface area contributed by atoms with Gasteiger partial charge in [0.05, 0.1) is 20.0 Å². The van der Waals surface area contributed by atoms with Gasteiger partial charge in [0.15, 0.2) is 5.03 Å². The van der Waals surface area contributed by atoms with Crippen molar-refractivity contribution in [3.63, 3.8) is 0 Å². The molecular formula is C10H10ClN3O3S. The molecule has 2 aromatic rings. The van der Waals surface area contributed by atoms with Gasteiger partial charge >= 0.3 is 0 Å². The molecule has 2 aromatic heterocycles. The van der Waals surface area contributed by atoms with Crippen LogP contribution >= 0.6 is 10.7 Å². The second-order valence-electron chi connectivity index (χ2n) is 3.49. The molecule has 2 rings (SSSR count). The van der Waals surface area contributed by atoms with Crippen molar-refractivity contribution >= 4 is 19.7 Å². The average molecular weight is 288 g/mol. The van der Waals surface area contributed by atoms with Crippen LogP contribution in [-0.4, -0.2) is 30.1 Å². The summed E-state index contributed by atoms with van der Waals surface area (Å²) in [4.78, 5) is 7.77. The summed E-state index contributed by atoms with van der Waals surface area (Å²) in [5, 5.41) is -0.174. The highest BCUT2D eigenvalue weighted by Crippen LogP contribution is 2.17. The fraction of sp³-hybridized carbons (Fsp3) is 0.200. The number of methoxy groups -OCH3 is 1. The lowest BCUT2D eigenvalue weighted by Crippen LogP contribution is -2.01. The van der Waals surface area contributed by atoms with Gasteiger partial charge in [-0.25, -0.2) is 18.4 Å². The Morgan fingerprint density at radius 2 is 2.22 bits per heavy atom. The number of halogens is 1. The Hall–Kier alpha value is -1.60. The van der Waals surface area contributed by atoms with Crippen LogP contribution in [0.15, 0.2) is 35.9 Å². The van der Waals surface area contributed by atoms with E-state index in [1.807, 2.05) is 6.07 Å². The van der Waals surface area contributed by atoms with Crippen LogP contribution in [0.5, 0.6) is 5.88 Å². The van der Waals surface area contributed by atoms with E-state index in [9.17, 15) is 8.42 Å². The maximum absolute atomic E-state index is 11.1. The molecule has 0 aliphatic heterocycles.